The summed E-state index contributed by atoms with van der Waals surface area (Å²) in [5.74, 6) is 0.546. The van der Waals surface area contributed by atoms with Crippen LogP contribution in [0.1, 0.15) is 42.4 Å². The van der Waals surface area contributed by atoms with Crippen LogP contribution in [0.15, 0.2) is 23.3 Å². The smallest absolute Gasteiger partial charge is 0.243 e. The molecule has 0 aromatic heterocycles. The van der Waals surface area contributed by atoms with Crippen LogP contribution in [0.2, 0.25) is 0 Å². The summed E-state index contributed by atoms with van der Waals surface area (Å²) in [4.78, 5) is 11.9. The average molecular weight is 256 g/mol. The molecule has 2 aliphatic rings. The van der Waals surface area contributed by atoms with Crippen molar-refractivity contribution in [3.63, 3.8) is 0 Å². The van der Waals surface area contributed by atoms with Gasteiger partial charge in [0.05, 0.1) is 5.71 Å². The van der Waals surface area contributed by atoms with Crippen molar-refractivity contribution in [3.05, 3.63) is 34.9 Å². The molecule has 1 saturated carbocycles. The van der Waals surface area contributed by atoms with Crippen molar-refractivity contribution < 1.29 is 4.79 Å². The van der Waals surface area contributed by atoms with Gasteiger partial charge in [-0.25, -0.2) is 5.43 Å². The van der Waals surface area contributed by atoms with Crippen molar-refractivity contribution >= 4 is 11.6 Å². The first-order valence-electron chi connectivity index (χ1n) is 7.12. The van der Waals surface area contributed by atoms with Gasteiger partial charge in [0.15, 0.2) is 0 Å². The number of benzene rings is 1. The molecule has 2 atom stereocenters. The molecular weight excluding hydrogens is 236 g/mol. The topological polar surface area (TPSA) is 41.5 Å². The summed E-state index contributed by atoms with van der Waals surface area (Å²) >= 11 is 0. The third-order valence-electron chi connectivity index (χ3n) is 4.54. The molecule has 3 rings (SSSR count). The van der Waals surface area contributed by atoms with Gasteiger partial charge in [-0.3, -0.25) is 4.79 Å². The summed E-state index contributed by atoms with van der Waals surface area (Å²) in [6.07, 6.45) is 4.46. The zero-order valence-electron chi connectivity index (χ0n) is 11.6. The number of hydrogen-bond donors (Lipinski definition) is 1. The molecule has 3 nitrogen and oxygen atoms in total. The van der Waals surface area contributed by atoms with E-state index in [1.807, 2.05) is 0 Å². The zero-order chi connectivity index (χ0) is 13.4. The number of nitrogens with zero attached hydrogens (tertiary/aromatic N) is 1. The minimum absolute atomic E-state index is 0.109. The molecule has 1 aliphatic heterocycles. The number of nitrogens with one attached hydrogen (secondary N) is 1. The van der Waals surface area contributed by atoms with E-state index in [1.54, 1.807) is 0 Å². The molecule has 0 saturated heterocycles. The molecular formula is C16H20N2O. The van der Waals surface area contributed by atoms with Gasteiger partial charge in [0, 0.05) is 11.8 Å². The lowest BCUT2D eigenvalue weighted by atomic mass is 9.74. The van der Waals surface area contributed by atoms with Crippen molar-refractivity contribution in [1.29, 1.82) is 0 Å². The summed E-state index contributed by atoms with van der Waals surface area (Å²) < 4.78 is 0. The van der Waals surface area contributed by atoms with E-state index < -0.39 is 0 Å². The third-order valence-corrected chi connectivity index (χ3v) is 4.54. The van der Waals surface area contributed by atoms with Crippen LogP contribution in [-0.4, -0.2) is 11.6 Å². The Morgan fingerprint density at radius 3 is 2.58 bits per heavy atom. The maximum atomic E-state index is 11.9. The maximum Gasteiger partial charge on any atom is 0.243 e. The highest BCUT2D eigenvalue weighted by Crippen LogP contribution is 2.35. The van der Waals surface area contributed by atoms with Crippen LogP contribution in [0.3, 0.4) is 0 Å². The Bertz CT molecular complexity index is 548. The van der Waals surface area contributed by atoms with Crippen molar-refractivity contribution in [2.75, 3.05) is 0 Å². The summed E-state index contributed by atoms with van der Waals surface area (Å²) in [5.41, 5.74) is 7.53. The molecule has 3 heteroatoms. The van der Waals surface area contributed by atoms with Crippen LogP contribution in [0.25, 0.3) is 0 Å². The number of carbonyl (C=O) groups excluding carboxylic acids is 1. The number of rotatable bonds is 1. The predicted molar refractivity (Wildman–Crippen MR) is 76.0 cm³/mol. The molecule has 0 spiro atoms. The van der Waals surface area contributed by atoms with Gasteiger partial charge < -0.3 is 0 Å². The van der Waals surface area contributed by atoms with Gasteiger partial charge in [-0.1, -0.05) is 25.0 Å². The van der Waals surface area contributed by atoms with Gasteiger partial charge in [-0.15, -0.1) is 0 Å². The van der Waals surface area contributed by atoms with Crippen LogP contribution < -0.4 is 5.43 Å². The Morgan fingerprint density at radius 1 is 1.11 bits per heavy atom. The molecule has 1 aromatic carbocycles. The molecule has 19 heavy (non-hydrogen) atoms. The van der Waals surface area contributed by atoms with Gasteiger partial charge in [0.2, 0.25) is 5.91 Å². The van der Waals surface area contributed by atoms with E-state index in [2.05, 4.69) is 42.6 Å². The highest BCUT2D eigenvalue weighted by molar-refractivity contribution is 6.06. The SMILES string of the molecule is Cc1ccc(C2=NNC(=O)[C@H]3CCCC[C@H]23)cc1C. The Morgan fingerprint density at radius 2 is 1.84 bits per heavy atom. The highest BCUT2D eigenvalue weighted by Gasteiger charge is 2.37. The summed E-state index contributed by atoms with van der Waals surface area (Å²) in [7, 11) is 0. The Kier molecular flexibility index (Phi) is 3.13. The second-order valence-corrected chi connectivity index (χ2v) is 5.77. The standard InChI is InChI=1S/C16H20N2O/c1-10-7-8-12(9-11(10)2)15-13-5-3-4-6-14(13)16(19)18-17-15/h7-9,13-14H,3-6H2,1-2H3,(H,18,19)/t13-,14-/m0/s1. The summed E-state index contributed by atoms with van der Waals surface area (Å²) in [6, 6.07) is 6.46. The fourth-order valence-electron chi connectivity index (χ4n) is 3.23. The Labute approximate surface area is 114 Å². The lowest BCUT2D eigenvalue weighted by Crippen LogP contribution is -2.43. The molecule has 1 heterocycles. The predicted octanol–water partition coefficient (Wildman–Crippen LogP) is 2.94. The van der Waals surface area contributed by atoms with Gasteiger partial charge >= 0.3 is 0 Å². The minimum Gasteiger partial charge on any atom is -0.273 e. The molecule has 0 unspecified atom stereocenters. The van der Waals surface area contributed by atoms with E-state index in [-0.39, 0.29) is 11.8 Å². The zero-order valence-corrected chi connectivity index (χ0v) is 11.6. The first-order chi connectivity index (χ1) is 9.16. The van der Waals surface area contributed by atoms with Gasteiger partial charge in [-0.05, 0) is 49.4 Å². The van der Waals surface area contributed by atoms with Crippen LogP contribution in [0.4, 0.5) is 0 Å². The normalized spacial score (nSPS) is 26.4. The van der Waals surface area contributed by atoms with Gasteiger partial charge in [0.1, 0.15) is 0 Å². The van der Waals surface area contributed by atoms with E-state index in [1.165, 1.54) is 23.1 Å². The maximum absolute atomic E-state index is 11.9. The first-order valence-corrected chi connectivity index (χ1v) is 7.12. The van der Waals surface area contributed by atoms with Crippen molar-refractivity contribution in [2.45, 2.75) is 39.5 Å². The van der Waals surface area contributed by atoms with Crippen LogP contribution in [-0.2, 0) is 4.79 Å². The second kappa shape index (κ2) is 4.80. The fraction of sp³-hybridized carbons (Fsp3) is 0.500. The Hall–Kier alpha value is -1.64. The Balaban J connectivity index is 1.98. The number of hydrogen-bond acceptors (Lipinski definition) is 2. The summed E-state index contributed by atoms with van der Waals surface area (Å²) in [6.45, 7) is 4.24. The lowest BCUT2D eigenvalue weighted by Gasteiger charge is -2.34. The number of fused-ring (bicyclic) bond motifs is 1. The first kappa shape index (κ1) is 12.4. The minimum atomic E-state index is 0.109. The highest BCUT2D eigenvalue weighted by atomic mass is 16.2. The van der Waals surface area contributed by atoms with Crippen molar-refractivity contribution in [3.8, 4) is 0 Å². The average Bonchev–Trinajstić information content (AvgIpc) is 2.43. The molecule has 1 fully saturated rings. The van der Waals surface area contributed by atoms with Gasteiger partial charge in [-0.2, -0.15) is 5.10 Å². The fourth-order valence-corrected chi connectivity index (χ4v) is 3.23. The number of aryl methyl sites for hydroxylation is 2. The van der Waals surface area contributed by atoms with Crippen LogP contribution >= 0.6 is 0 Å². The molecule has 1 aromatic rings. The third kappa shape index (κ3) is 2.18. The second-order valence-electron chi connectivity index (χ2n) is 5.77. The van der Waals surface area contributed by atoms with E-state index in [4.69, 9.17) is 0 Å². The number of amides is 1. The number of hydrazone groups is 1. The van der Waals surface area contributed by atoms with E-state index in [0.717, 1.165) is 25.0 Å². The number of carbonyl (C=O) groups is 1. The van der Waals surface area contributed by atoms with Crippen molar-refractivity contribution in [1.82, 2.24) is 5.43 Å². The molecule has 1 amide bonds. The molecule has 1 aliphatic carbocycles. The molecule has 0 radical (unpaired) electrons. The molecule has 100 valence electrons. The summed E-state index contributed by atoms with van der Waals surface area (Å²) in [5, 5.41) is 4.35. The van der Waals surface area contributed by atoms with Crippen LogP contribution in [0.5, 0.6) is 0 Å². The van der Waals surface area contributed by atoms with Gasteiger partial charge in [0.25, 0.3) is 0 Å². The van der Waals surface area contributed by atoms with E-state index >= 15 is 0 Å². The van der Waals surface area contributed by atoms with E-state index in [9.17, 15) is 4.79 Å². The quantitative estimate of drug-likeness (QED) is 0.824. The molecule has 1 N–H and O–H groups in total. The van der Waals surface area contributed by atoms with E-state index in [0.29, 0.717) is 5.92 Å². The largest absolute Gasteiger partial charge is 0.273 e. The lowest BCUT2D eigenvalue weighted by molar-refractivity contribution is -0.127. The molecule has 0 bridgehead atoms. The van der Waals surface area contributed by atoms with Crippen LogP contribution in [0, 0.1) is 25.7 Å². The van der Waals surface area contributed by atoms with Crippen molar-refractivity contribution in [2.24, 2.45) is 16.9 Å². The monoisotopic (exact) mass is 256 g/mol.